The van der Waals surface area contributed by atoms with Crippen LogP contribution in [0.5, 0.6) is 0 Å². The maximum atomic E-state index is 5.35. The smallest absolute Gasteiger partial charge is 0.0528 e. The molecular formula is C31H46O. The number of rotatable bonds is 9. The summed E-state index contributed by atoms with van der Waals surface area (Å²) >= 11 is 0. The van der Waals surface area contributed by atoms with Crippen molar-refractivity contribution in [2.45, 2.75) is 103 Å². The van der Waals surface area contributed by atoms with Crippen molar-refractivity contribution in [3.63, 3.8) is 0 Å². The van der Waals surface area contributed by atoms with Crippen molar-refractivity contribution in [1.82, 2.24) is 0 Å². The van der Waals surface area contributed by atoms with Gasteiger partial charge in [0.25, 0.3) is 0 Å². The first-order valence-corrected chi connectivity index (χ1v) is 13.7. The second-order valence-corrected chi connectivity index (χ2v) is 11.1. The normalized spacial score (nSPS) is 27.5. The summed E-state index contributed by atoms with van der Waals surface area (Å²) in [5.41, 5.74) is 2.96. The summed E-state index contributed by atoms with van der Waals surface area (Å²) in [6.45, 7) is 5.36. The van der Waals surface area contributed by atoms with E-state index in [1.165, 1.54) is 93.4 Å². The van der Waals surface area contributed by atoms with Gasteiger partial charge in [-0.3, -0.25) is 0 Å². The first-order chi connectivity index (χ1) is 15.7. The Bertz CT molecular complexity index is 823. The highest BCUT2D eigenvalue weighted by molar-refractivity contribution is 5.84. The average molecular weight is 435 g/mol. The molecule has 2 aromatic carbocycles. The molecule has 2 aromatic rings. The Morgan fingerprint density at radius 2 is 1.47 bits per heavy atom. The third-order valence-corrected chi connectivity index (χ3v) is 8.89. The Morgan fingerprint density at radius 1 is 0.812 bits per heavy atom. The Hall–Kier alpha value is -1.34. The first kappa shape index (κ1) is 23.8. The molecule has 0 N–H and O–H groups in total. The molecule has 0 radical (unpaired) electrons. The lowest BCUT2D eigenvalue weighted by Gasteiger charge is -2.38. The average Bonchev–Trinajstić information content (AvgIpc) is 2.84. The van der Waals surface area contributed by atoms with Crippen molar-refractivity contribution in [1.29, 1.82) is 0 Å². The van der Waals surface area contributed by atoms with E-state index >= 15 is 0 Å². The quantitative estimate of drug-likeness (QED) is 0.357. The van der Waals surface area contributed by atoms with Gasteiger partial charge in [0.2, 0.25) is 0 Å². The molecule has 0 aliphatic heterocycles. The molecule has 4 rings (SSSR count). The maximum absolute atomic E-state index is 5.35. The van der Waals surface area contributed by atoms with Crippen LogP contribution in [0.4, 0.5) is 0 Å². The molecule has 0 bridgehead atoms. The van der Waals surface area contributed by atoms with Gasteiger partial charge in [-0.1, -0.05) is 88.8 Å². The van der Waals surface area contributed by atoms with Crippen LogP contribution in [0.15, 0.2) is 36.4 Å². The molecule has 32 heavy (non-hydrogen) atoms. The van der Waals surface area contributed by atoms with Crippen molar-refractivity contribution in [3.05, 3.63) is 47.5 Å². The Morgan fingerprint density at radius 3 is 2.16 bits per heavy atom. The van der Waals surface area contributed by atoms with E-state index in [0.29, 0.717) is 5.92 Å². The van der Waals surface area contributed by atoms with E-state index in [1.54, 1.807) is 12.7 Å². The van der Waals surface area contributed by atoms with Crippen molar-refractivity contribution in [2.24, 2.45) is 17.8 Å². The Labute approximate surface area is 197 Å². The monoisotopic (exact) mass is 434 g/mol. The molecule has 2 fully saturated rings. The highest BCUT2D eigenvalue weighted by atomic mass is 16.5. The van der Waals surface area contributed by atoms with Gasteiger partial charge in [-0.15, -0.1) is 0 Å². The van der Waals surface area contributed by atoms with Gasteiger partial charge < -0.3 is 4.74 Å². The molecule has 2 aliphatic carbocycles. The van der Waals surface area contributed by atoms with E-state index in [2.05, 4.69) is 50.2 Å². The number of benzene rings is 2. The van der Waals surface area contributed by atoms with Gasteiger partial charge in [0.1, 0.15) is 0 Å². The number of unbranched alkanes of at least 4 members (excludes halogenated alkanes) is 2. The first-order valence-electron chi connectivity index (χ1n) is 13.7. The molecule has 0 spiro atoms. The van der Waals surface area contributed by atoms with E-state index in [9.17, 15) is 0 Å². The highest BCUT2D eigenvalue weighted by Crippen LogP contribution is 2.45. The Kier molecular flexibility index (Phi) is 8.69. The number of methoxy groups -OCH3 is 1. The summed E-state index contributed by atoms with van der Waals surface area (Å²) in [5, 5.41) is 2.78. The fourth-order valence-corrected chi connectivity index (χ4v) is 6.74. The zero-order valence-electron chi connectivity index (χ0n) is 21.0. The van der Waals surface area contributed by atoms with E-state index in [4.69, 9.17) is 4.74 Å². The van der Waals surface area contributed by atoms with Crippen LogP contribution in [-0.4, -0.2) is 13.7 Å². The largest absolute Gasteiger partial charge is 0.384 e. The lowest BCUT2D eigenvalue weighted by Crippen LogP contribution is -2.25. The minimum atomic E-state index is 0.450. The van der Waals surface area contributed by atoms with Gasteiger partial charge in [0.15, 0.2) is 0 Å². The second-order valence-electron chi connectivity index (χ2n) is 11.1. The Balaban J connectivity index is 1.29. The van der Waals surface area contributed by atoms with Gasteiger partial charge in [0.05, 0.1) is 6.61 Å². The summed E-state index contributed by atoms with van der Waals surface area (Å²) in [4.78, 5) is 0. The molecule has 0 saturated heterocycles. The molecule has 0 aromatic heterocycles. The van der Waals surface area contributed by atoms with Crippen LogP contribution < -0.4 is 0 Å². The fraction of sp³-hybridized carbons (Fsp3) is 0.677. The van der Waals surface area contributed by atoms with E-state index < -0.39 is 0 Å². The van der Waals surface area contributed by atoms with Crippen LogP contribution in [0.2, 0.25) is 0 Å². The lowest BCUT2D eigenvalue weighted by molar-refractivity contribution is 0.155. The number of hydrogen-bond donors (Lipinski definition) is 0. The van der Waals surface area contributed by atoms with Crippen LogP contribution in [0.1, 0.15) is 114 Å². The van der Waals surface area contributed by atoms with Gasteiger partial charge in [-0.05, 0) is 84.1 Å². The van der Waals surface area contributed by atoms with Gasteiger partial charge in [-0.2, -0.15) is 0 Å². The molecule has 176 valence electrons. The van der Waals surface area contributed by atoms with Gasteiger partial charge in [0, 0.05) is 13.0 Å². The van der Waals surface area contributed by atoms with Crippen molar-refractivity contribution in [3.8, 4) is 0 Å². The molecule has 1 nitrogen and oxygen atoms in total. The van der Waals surface area contributed by atoms with Crippen molar-refractivity contribution < 1.29 is 4.74 Å². The zero-order chi connectivity index (χ0) is 22.3. The number of fused-ring (bicyclic) bond motifs is 1. The standard InChI is InChI=1S/C31H46O/c1-4-5-6-7-24-8-10-25(11-9-24)26-12-14-27(15-13-26)29-18-19-30-20-28(23(2)22-32-3)16-17-31(30)21-29/h16-21,23-27H,4-15,22H2,1-3H3. The highest BCUT2D eigenvalue weighted by Gasteiger charge is 2.31. The molecule has 1 atom stereocenters. The van der Waals surface area contributed by atoms with Crippen LogP contribution >= 0.6 is 0 Å². The van der Waals surface area contributed by atoms with E-state index in [-0.39, 0.29) is 0 Å². The fourth-order valence-electron chi connectivity index (χ4n) is 6.74. The predicted octanol–water partition coefficient (Wildman–Crippen LogP) is 9.25. The summed E-state index contributed by atoms with van der Waals surface area (Å²) in [6, 6.07) is 14.2. The van der Waals surface area contributed by atoms with Crippen molar-refractivity contribution in [2.75, 3.05) is 13.7 Å². The van der Waals surface area contributed by atoms with Crippen LogP contribution in [-0.2, 0) is 4.74 Å². The topological polar surface area (TPSA) is 9.23 Å². The summed E-state index contributed by atoms with van der Waals surface area (Å²) in [7, 11) is 1.79. The van der Waals surface area contributed by atoms with Crippen LogP contribution in [0, 0.1) is 17.8 Å². The third kappa shape index (κ3) is 5.96. The predicted molar refractivity (Wildman–Crippen MR) is 139 cm³/mol. The third-order valence-electron chi connectivity index (χ3n) is 8.89. The van der Waals surface area contributed by atoms with Crippen LogP contribution in [0.3, 0.4) is 0 Å². The summed E-state index contributed by atoms with van der Waals surface area (Å²) in [5.74, 6) is 4.30. The SMILES string of the molecule is CCCCCC1CCC(C2CCC(c3ccc4cc(C(C)COC)ccc4c3)CC2)CC1. The summed E-state index contributed by atoms with van der Waals surface area (Å²) < 4.78 is 5.35. The minimum Gasteiger partial charge on any atom is -0.384 e. The molecule has 0 amide bonds. The van der Waals surface area contributed by atoms with Crippen LogP contribution in [0.25, 0.3) is 10.8 Å². The molecule has 2 aliphatic rings. The molecule has 1 heteroatoms. The molecular weight excluding hydrogens is 388 g/mol. The van der Waals surface area contributed by atoms with E-state index in [1.807, 2.05) is 0 Å². The number of hydrogen-bond acceptors (Lipinski definition) is 1. The molecule has 2 saturated carbocycles. The number of ether oxygens (including phenoxy) is 1. The minimum absolute atomic E-state index is 0.450. The van der Waals surface area contributed by atoms with Gasteiger partial charge in [-0.25, -0.2) is 0 Å². The molecule has 1 unspecified atom stereocenters. The van der Waals surface area contributed by atoms with Crippen molar-refractivity contribution >= 4 is 10.8 Å². The zero-order valence-corrected chi connectivity index (χ0v) is 21.0. The second kappa shape index (κ2) is 11.7. The summed E-state index contributed by atoms with van der Waals surface area (Å²) in [6.07, 6.45) is 17.6. The maximum Gasteiger partial charge on any atom is 0.0528 e. The van der Waals surface area contributed by atoms with E-state index in [0.717, 1.165) is 30.3 Å². The lowest BCUT2D eigenvalue weighted by atomic mass is 9.68. The van der Waals surface area contributed by atoms with Gasteiger partial charge >= 0.3 is 0 Å². The molecule has 0 heterocycles.